The molecule has 6 aromatic carbocycles. The summed E-state index contributed by atoms with van der Waals surface area (Å²) in [6.07, 6.45) is 7.56. The van der Waals surface area contributed by atoms with E-state index in [1.807, 2.05) is 4.72 Å². The molecule has 2 aliphatic rings. The van der Waals surface area contributed by atoms with Gasteiger partial charge in [0.1, 0.15) is 28.7 Å². The molecular weight excluding hydrogens is 1460 g/mol. The van der Waals surface area contributed by atoms with E-state index in [0.29, 0.717) is 76.9 Å². The summed E-state index contributed by atoms with van der Waals surface area (Å²) in [6.45, 7) is 4.93. The largest absolute Gasteiger partial charge is 0.480 e. The van der Waals surface area contributed by atoms with Crippen LogP contribution in [0.1, 0.15) is 87.8 Å². The maximum atomic E-state index is 15.2. The van der Waals surface area contributed by atoms with Crippen molar-refractivity contribution in [3.05, 3.63) is 242 Å². The van der Waals surface area contributed by atoms with Crippen molar-refractivity contribution in [1.29, 1.82) is 0 Å². The number of H-pyrrole nitrogens is 2. The number of ketones is 3. The van der Waals surface area contributed by atoms with Crippen LogP contribution in [0, 0.1) is 34.9 Å². The fourth-order valence-corrected chi connectivity index (χ4v) is 14.4. The van der Waals surface area contributed by atoms with Crippen molar-refractivity contribution in [2.45, 2.75) is 40.0 Å². The van der Waals surface area contributed by atoms with Gasteiger partial charge in [-0.3, -0.25) is 28.5 Å². The van der Waals surface area contributed by atoms with Crippen LogP contribution in [-0.2, 0) is 30.1 Å². The molecule has 0 saturated carbocycles. The van der Waals surface area contributed by atoms with Gasteiger partial charge in [-0.15, -0.1) is 0 Å². The molecule has 0 atom stereocenters. The SMILES string of the molecule is CCCS(=O)(=O)Nc1ccc(F)c(C(=O)c2c[nH]c3nc(OC)c(-c4ccc(Cl)cc4)cc23)c1F.CCCS(=O)(=O)Nc1ccc(F)c(C(=O)c2c[nH]c3ncc(-c4ccc(Cl)cc4)cc23)c1F.CCCS(=O)(=O)Nc1ccc(F)c(C(=O)c2cnc3n(O)cc(-c4ccc(Cl)cc4)cc2-3)c1F. The summed E-state index contributed by atoms with van der Waals surface area (Å²) in [6, 6.07) is 30.7. The van der Waals surface area contributed by atoms with Gasteiger partial charge in [-0.1, -0.05) is 92.0 Å². The van der Waals surface area contributed by atoms with Crippen LogP contribution < -0.4 is 18.9 Å². The second kappa shape index (κ2) is 30.9. The molecule has 0 fully saturated rings. The Labute approximate surface area is 594 Å². The van der Waals surface area contributed by atoms with Crippen LogP contribution in [0.2, 0.25) is 15.1 Å². The lowest BCUT2D eigenvalue weighted by Gasteiger charge is -2.13. The normalized spacial score (nSPS) is 11.6. The number of rotatable bonds is 22. The number of carbonyl (C=O) groups excluding carboxylic acids is 3. The minimum atomic E-state index is -3.88. The van der Waals surface area contributed by atoms with Gasteiger partial charge in [0.15, 0.2) is 23.3 Å². The van der Waals surface area contributed by atoms with Crippen molar-refractivity contribution in [2.75, 3.05) is 38.5 Å². The molecule has 0 amide bonds. The molecule has 0 aliphatic carbocycles. The predicted molar refractivity (Wildman–Crippen MR) is 379 cm³/mol. The van der Waals surface area contributed by atoms with Gasteiger partial charge in [-0.05, 0) is 127 Å². The summed E-state index contributed by atoms with van der Waals surface area (Å²) in [5, 5.41) is 12.6. The first-order valence-corrected chi connectivity index (χ1v) is 36.7. The number of halogens is 9. The molecule has 20 nitrogen and oxygen atoms in total. The molecule has 102 heavy (non-hydrogen) atoms. The smallest absolute Gasteiger partial charge is 0.232 e. The third-order valence-corrected chi connectivity index (χ3v) is 20.6. The van der Waals surface area contributed by atoms with Crippen molar-refractivity contribution in [3.63, 3.8) is 0 Å². The van der Waals surface area contributed by atoms with Crippen LogP contribution in [0.25, 0.3) is 66.8 Å². The number of fused-ring (bicyclic) bond motifs is 3. The maximum Gasteiger partial charge on any atom is 0.232 e. The minimum Gasteiger partial charge on any atom is -0.480 e. The summed E-state index contributed by atoms with van der Waals surface area (Å²) < 4.78 is 174. The first-order valence-electron chi connectivity index (χ1n) is 30.6. The van der Waals surface area contributed by atoms with E-state index in [1.165, 1.54) is 25.7 Å². The molecule has 6 N–H and O–H groups in total. The van der Waals surface area contributed by atoms with Gasteiger partial charge in [0.25, 0.3) is 0 Å². The summed E-state index contributed by atoms with van der Waals surface area (Å²) in [5.41, 5.74) is 0.203. The molecule has 10 aromatic rings. The van der Waals surface area contributed by atoms with E-state index >= 15 is 13.2 Å². The number of aromatic amines is 2. The first-order chi connectivity index (χ1) is 48.5. The minimum absolute atomic E-state index is 0.000297. The number of sulfonamides is 3. The second-order valence-corrected chi connectivity index (χ2v) is 29.4. The summed E-state index contributed by atoms with van der Waals surface area (Å²) in [4.78, 5) is 58.0. The average molecular weight is 1520 g/mol. The highest BCUT2D eigenvalue weighted by Crippen LogP contribution is 2.38. The van der Waals surface area contributed by atoms with E-state index in [1.54, 1.807) is 118 Å². The van der Waals surface area contributed by atoms with E-state index in [9.17, 15) is 58.0 Å². The molecule has 6 heterocycles. The number of methoxy groups -OCH3 is 1. The summed E-state index contributed by atoms with van der Waals surface area (Å²) >= 11 is 17.8. The number of hydrogen-bond acceptors (Lipinski definition) is 14. The lowest BCUT2D eigenvalue weighted by atomic mass is 9.97. The van der Waals surface area contributed by atoms with Crippen molar-refractivity contribution in [2.24, 2.45) is 0 Å². The first kappa shape index (κ1) is 74.4. The zero-order chi connectivity index (χ0) is 73.7. The Balaban J connectivity index is 0.000000165. The number of anilines is 3. The number of aromatic nitrogens is 6. The molecule has 0 bridgehead atoms. The summed E-state index contributed by atoms with van der Waals surface area (Å²) in [7, 11) is -10.1. The Hall–Kier alpha value is -10.3. The molecule has 528 valence electrons. The molecule has 0 spiro atoms. The van der Waals surface area contributed by atoms with Gasteiger partial charge in [0, 0.05) is 84.0 Å². The van der Waals surface area contributed by atoms with Crippen molar-refractivity contribution < 1.29 is 75.9 Å². The van der Waals surface area contributed by atoms with Gasteiger partial charge in [0.2, 0.25) is 53.3 Å². The molecule has 4 aromatic heterocycles. The number of ether oxygens (including phenoxy) is 1. The fraction of sp³-hybridized carbons (Fsp3) is 0.143. The second-order valence-electron chi connectivity index (χ2n) is 22.6. The molecule has 12 rings (SSSR count). The van der Waals surface area contributed by atoms with Crippen molar-refractivity contribution >= 4 is 121 Å². The lowest BCUT2D eigenvalue weighted by Crippen LogP contribution is -2.18. The molecule has 0 radical (unpaired) electrons. The van der Waals surface area contributed by atoms with Crippen LogP contribution >= 0.6 is 34.8 Å². The van der Waals surface area contributed by atoms with E-state index < -0.39 is 116 Å². The maximum absolute atomic E-state index is 15.2. The number of carbonyl (C=O) groups is 3. The van der Waals surface area contributed by atoms with Gasteiger partial charge in [-0.2, -0.15) is 9.71 Å². The molecule has 0 unspecified atom stereocenters. The van der Waals surface area contributed by atoms with Gasteiger partial charge < -0.3 is 19.9 Å². The van der Waals surface area contributed by atoms with Gasteiger partial charge in [0.05, 0.1) is 69.9 Å². The quantitative estimate of drug-likeness (QED) is 0.0209. The summed E-state index contributed by atoms with van der Waals surface area (Å²) in [5.74, 6) is -10.8. The standard InChI is InChI=1S/C24H20ClF2N3O4S.C23H18ClF2N3O4S.C23H18ClF2N3O3S/c1-3-10-35(32,33)30-19-9-8-18(26)20(21(19)27)22(31)17-12-28-23-16(17)11-15(24(29-23)34-2)13-4-6-14(25)7-5-13;1-2-9-34(32,33)28-19-8-7-18(25)20(21(19)26)22(30)17-11-27-23-16(17)10-14(12-29(23)31)13-3-5-15(24)6-4-13;1-2-9-33(31,32)29-19-8-7-18(25)20(21(19)26)22(30)17-12-28-23-16(17)10-14(11-27-23)13-3-5-15(24)6-4-13/h4-9,11-12,30H,3,10H2,1-2H3,(H,28,29);3-8,10-12,28,31H,2,9H2,1H3;3-8,10-12,29H,2,9H2,1H3,(H,27,28). The van der Waals surface area contributed by atoms with Crippen LogP contribution in [0.15, 0.2) is 158 Å². The Bertz CT molecular complexity index is 5560. The van der Waals surface area contributed by atoms with E-state index in [4.69, 9.17) is 39.5 Å². The monoisotopic (exact) mass is 1510 g/mol. The Morgan fingerprint density at radius 3 is 1.29 bits per heavy atom. The average Bonchev–Trinajstić information content (AvgIpc) is 1.55. The number of pyridine rings is 3. The lowest BCUT2D eigenvalue weighted by molar-refractivity contribution is 0.102. The highest BCUT2D eigenvalue weighted by molar-refractivity contribution is 7.93. The third kappa shape index (κ3) is 16.4. The number of nitrogens with one attached hydrogen (secondary N) is 5. The Morgan fingerprint density at radius 2 is 0.873 bits per heavy atom. The Kier molecular flexibility index (Phi) is 22.5. The van der Waals surface area contributed by atoms with Gasteiger partial charge >= 0.3 is 0 Å². The van der Waals surface area contributed by atoms with Crippen molar-refractivity contribution in [3.8, 4) is 50.6 Å². The predicted octanol–water partition coefficient (Wildman–Crippen LogP) is 16.3. The molecule has 2 aliphatic heterocycles. The van der Waals surface area contributed by atoms with E-state index in [2.05, 4.69) is 34.4 Å². The Morgan fingerprint density at radius 1 is 0.480 bits per heavy atom. The van der Waals surface area contributed by atoms with Crippen molar-refractivity contribution in [1.82, 2.24) is 29.7 Å². The zero-order valence-electron chi connectivity index (χ0n) is 53.7. The number of hydrogen-bond donors (Lipinski definition) is 6. The topological polar surface area (TPSA) is 294 Å². The molecule has 0 saturated heterocycles. The zero-order valence-corrected chi connectivity index (χ0v) is 58.4. The van der Waals surface area contributed by atoms with Crippen LogP contribution in [0.3, 0.4) is 0 Å². The van der Waals surface area contributed by atoms with E-state index in [-0.39, 0.29) is 63.3 Å². The fourth-order valence-electron chi connectivity index (χ4n) is 10.7. The van der Waals surface area contributed by atoms with E-state index in [0.717, 1.165) is 48.2 Å². The number of benzene rings is 6. The highest BCUT2D eigenvalue weighted by Gasteiger charge is 2.31. The van der Waals surface area contributed by atoms with Crippen LogP contribution in [0.5, 0.6) is 5.88 Å². The third-order valence-electron chi connectivity index (χ3n) is 15.4. The molecule has 32 heteroatoms. The van der Waals surface area contributed by atoms with Crippen LogP contribution in [-0.4, -0.2) is 102 Å². The van der Waals surface area contributed by atoms with Crippen LogP contribution in [0.4, 0.5) is 43.4 Å². The highest BCUT2D eigenvalue weighted by atomic mass is 35.5. The number of nitrogens with zero attached hydrogens (tertiary/aromatic N) is 4. The molecular formula is C70H56Cl3F6N9O11S3. The van der Waals surface area contributed by atoms with Gasteiger partial charge in [-0.25, -0.2) is 61.6 Å².